The minimum absolute atomic E-state index is 0.0469. The molecule has 3 aliphatic rings. The summed E-state index contributed by atoms with van der Waals surface area (Å²) in [5.74, 6) is 3.74. The summed E-state index contributed by atoms with van der Waals surface area (Å²) in [6.45, 7) is 2.37. The monoisotopic (exact) mass is 272 g/mol. The number of aromatic hydroxyl groups is 1. The van der Waals surface area contributed by atoms with Gasteiger partial charge >= 0.3 is 0 Å². The van der Waals surface area contributed by atoms with Crippen LogP contribution in [0, 0.1) is 23.7 Å². The van der Waals surface area contributed by atoms with Gasteiger partial charge in [0.15, 0.2) is 0 Å². The maximum absolute atomic E-state index is 10.2. The lowest BCUT2D eigenvalue weighted by Gasteiger charge is -2.47. The summed E-state index contributed by atoms with van der Waals surface area (Å²) in [6.07, 6.45) is 5.66. The molecule has 2 fully saturated rings. The van der Waals surface area contributed by atoms with Crippen LogP contribution in [0.2, 0.25) is 0 Å². The van der Waals surface area contributed by atoms with Crippen molar-refractivity contribution < 1.29 is 10.2 Å². The normalized spacial score (nSPS) is 42.7. The number of aliphatic hydroxyl groups excluding tert-OH is 1. The molecule has 3 aliphatic carbocycles. The molecule has 0 spiro atoms. The van der Waals surface area contributed by atoms with Crippen LogP contribution in [-0.2, 0) is 6.42 Å². The predicted octanol–water partition coefficient (Wildman–Crippen LogP) is 3.47. The van der Waals surface area contributed by atoms with Crippen LogP contribution in [0.3, 0.4) is 0 Å². The standard InChI is InChI=1S/C18H24O2/c1-10-8-11-9-12(19)2-3-13(11)15-5-4-14-16(18(10)15)6-7-17(14)20/h2-3,9-10,14-20H,4-8H2,1H3/t10-,14-,15+,16+,17-,18+/m0/s1. The van der Waals surface area contributed by atoms with Crippen LogP contribution in [0.25, 0.3) is 0 Å². The third-order valence-corrected chi connectivity index (χ3v) is 6.33. The van der Waals surface area contributed by atoms with Gasteiger partial charge in [-0.15, -0.1) is 0 Å². The van der Waals surface area contributed by atoms with Crippen molar-refractivity contribution in [2.24, 2.45) is 23.7 Å². The molecule has 0 heterocycles. The predicted molar refractivity (Wildman–Crippen MR) is 78.7 cm³/mol. The van der Waals surface area contributed by atoms with E-state index in [0.717, 1.165) is 24.7 Å². The van der Waals surface area contributed by atoms with E-state index in [2.05, 4.69) is 13.0 Å². The lowest BCUT2D eigenvalue weighted by molar-refractivity contribution is 0.0380. The topological polar surface area (TPSA) is 40.5 Å². The zero-order valence-corrected chi connectivity index (χ0v) is 12.1. The van der Waals surface area contributed by atoms with Gasteiger partial charge in [-0.05, 0) is 85.0 Å². The second kappa shape index (κ2) is 4.49. The highest BCUT2D eigenvalue weighted by molar-refractivity contribution is 5.40. The third-order valence-electron chi connectivity index (χ3n) is 6.33. The van der Waals surface area contributed by atoms with E-state index < -0.39 is 0 Å². The fourth-order valence-electron chi connectivity index (χ4n) is 5.62. The molecule has 0 aromatic heterocycles. The summed E-state index contributed by atoms with van der Waals surface area (Å²) < 4.78 is 0. The van der Waals surface area contributed by atoms with Gasteiger partial charge < -0.3 is 10.2 Å². The Morgan fingerprint density at radius 1 is 1.05 bits per heavy atom. The molecule has 2 N–H and O–H groups in total. The van der Waals surface area contributed by atoms with E-state index in [1.54, 1.807) is 0 Å². The maximum Gasteiger partial charge on any atom is 0.115 e. The molecule has 2 heteroatoms. The van der Waals surface area contributed by atoms with E-state index in [9.17, 15) is 10.2 Å². The Morgan fingerprint density at radius 3 is 2.70 bits per heavy atom. The van der Waals surface area contributed by atoms with Crippen molar-refractivity contribution in [2.75, 3.05) is 0 Å². The number of hydrogen-bond donors (Lipinski definition) is 2. The Labute approximate surface area is 120 Å². The third kappa shape index (κ3) is 1.74. The number of rotatable bonds is 0. The molecule has 0 aliphatic heterocycles. The number of hydrogen-bond acceptors (Lipinski definition) is 2. The van der Waals surface area contributed by atoms with E-state index in [1.165, 1.54) is 30.4 Å². The molecule has 6 atom stereocenters. The van der Waals surface area contributed by atoms with Crippen molar-refractivity contribution in [1.29, 1.82) is 0 Å². The molecule has 0 unspecified atom stereocenters. The van der Waals surface area contributed by atoms with Crippen molar-refractivity contribution in [1.82, 2.24) is 0 Å². The first-order chi connectivity index (χ1) is 9.65. The van der Waals surface area contributed by atoms with Crippen LogP contribution < -0.4 is 0 Å². The molecular formula is C18H24O2. The van der Waals surface area contributed by atoms with Gasteiger partial charge in [0.05, 0.1) is 6.10 Å². The first-order valence-corrected chi connectivity index (χ1v) is 8.15. The minimum atomic E-state index is -0.0469. The van der Waals surface area contributed by atoms with Gasteiger partial charge in [-0.2, -0.15) is 0 Å². The molecule has 0 radical (unpaired) electrons. The first-order valence-electron chi connectivity index (χ1n) is 8.15. The minimum Gasteiger partial charge on any atom is -0.508 e. The SMILES string of the molecule is C[C@H]1Cc2cc(O)ccc2[C@H]2CC[C@H]3[C@@H](CC[C@@H]3O)[C@@H]21. The molecule has 0 amide bonds. The largest absolute Gasteiger partial charge is 0.508 e. The van der Waals surface area contributed by atoms with Gasteiger partial charge in [0.2, 0.25) is 0 Å². The van der Waals surface area contributed by atoms with Crippen LogP contribution in [-0.4, -0.2) is 16.3 Å². The van der Waals surface area contributed by atoms with Crippen molar-refractivity contribution in [2.45, 2.75) is 51.0 Å². The lowest BCUT2D eigenvalue weighted by atomic mass is 9.57. The second-order valence-corrected chi connectivity index (χ2v) is 7.30. The highest BCUT2D eigenvalue weighted by Crippen LogP contribution is 2.56. The fourth-order valence-corrected chi connectivity index (χ4v) is 5.62. The lowest BCUT2D eigenvalue weighted by Crippen LogP contribution is -2.40. The molecule has 2 saturated carbocycles. The van der Waals surface area contributed by atoms with Gasteiger partial charge in [-0.1, -0.05) is 13.0 Å². The van der Waals surface area contributed by atoms with Crippen LogP contribution >= 0.6 is 0 Å². The van der Waals surface area contributed by atoms with E-state index >= 15 is 0 Å². The average Bonchev–Trinajstić information content (AvgIpc) is 2.80. The van der Waals surface area contributed by atoms with E-state index in [4.69, 9.17) is 0 Å². The first kappa shape index (κ1) is 12.7. The molecule has 0 bridgehead atoms. The smallest absolute Gasteiger partial charge is 0.115 e. The van der Waals surface area contributed by atoms with E-state index in [1.807, 2.05) is 12.1 Å². The molecule has 2 nitrogen and oxygen atoms in total. The Bertz CT molecular complexity index is 524. The van der Waals surface area contributed by atoms with Crippen molar-refractivity contribution in [3.05, 3.63) is 29.3 Å². The van der Waals surface area contributed by atoms with Crippen molar-refractivity contribution in [3.8, 4) is 5.75 Å². The van der Waals surface area contributed by atoms with Crippen molar-refractivity contribution in [3.63, 3.8) is 0 Å². The summed E-state index contributed by atoms with van der Waals surface area (Å²) in [5.41, 5.74) is 2.83. The quantitative estimate of drug-likeness (QED) is 0.759. The maximum atomic E-state index is 10.2. The Balaban J connectivity index is 1.73. The van der Waals surface area contributed by atoms with Crippen LogP contribution in [0.1, 0.15) is 49.7 Å². The highest BCUT2D eigenvalue weighted by Gasteiger charge is 2.49. The average molecular weight is 272 g/mol. The van der Waals surface area contributed by atoms with Crippen LogP contribution in [0.4, 0.5) is 0 Å². The number of phenolic OH excluding ortho intramolecular Hbond substituents is 1. The summed E-state index contributed by atoms with van der Waals surface area (Å²) in [4.78, 5) is 0. The molecule has 1 aromatic rings. The number of fused-ring (bicyclic) bond motifs is 5. The summed E-state index contributed by atoms with van der Waals surface area (Å²) in [7, 11) is 0. The second-order valence-electron chi connectivity index (χ2n) is 7.30. The molecule has 4 rings (SSSR count). The Hall–Kier alpha value is -1.02. The Kier molecular flexibility index (Phi) is 2.85. The molecule has 108 valence electrons. The summed E-state index contributed by atoms with van der Waals surface area (Å²) in [6, 6.07) is 5.97. The molecule has 0 saturated heterocycles. The Morgan fingerprint density at radius 2 is 1.85 bits per heavy atom. The van der Waals surface area contributed by atoms with Gasteiger partial charge in [-0.25, -0.2) is 0 Å². The molecular weight excluding hydrogens is 248 g/mol. The van der Waals surface area contributed by atoms with Crippen LogP contribution in [0.15, 0.2) is 18.2 Å². The van der Waals surface area contributed by atoms with Gasteiger partial charge in [-0.3, -0.25) is 0 Å². The molecule has 1 aromatic carbocycles. The van der Waals surface area contributed by atoms with Crippen LogP contribution in [0.5, 0.6) is 5.75 Å². The van der Waals surface area contributed by atoms with E-state index in [-0.39, 0.29) is 6.10 Å². The number of phenols is 1. The summed E-state index contributed by atoms with van der Waals surface area (Å²) in [5, 5.41) is 19.9. The van der Waals surface area contributed by atoms with Gasteiger partial charge in [0, 0.05) is 0 Å². The fraction of sp³-hybridized carbons (Fsp3) is 0.667. The highest BCUT2D eigenvalue weighted by atomic mass is 16.3. The van der Waals surface area contributed by atoms with Crippen molar-refractivity contribution >= 4 is 0 Å². The van der Waals surface area contributed by atoms with Gasteiger partial charge in [0.1, 0.15) is 5.75 Å². The number of benzene rings is 1. The number of aliphatic hydroxyl groups is 1. The molecule has 20 heavy (non-hydrogen) atoms. The van der Waals surface area contributed by atoms with E-state index in [0.29, 0.717) is 23.5 Å². The zero-order chi connectivity index (χ0) is 13.9. The summed E-state index contributed by atoms with van der Waals surface area (Å²) >= 11 is 0. The zero-order valence-electron chi connectivity index (χ0n) is 12.1. The van der Waals surface area contributed by atoms with Gasteiger partial charge in [0.25, 0.3) is 0 Å².